The van der Waals surface area contributed by atoms with Gasteiger partial charge < -0.3 is 10.0 Å². The highest BCUT2D eigenvalue weighted by Crippen LogP contribution is 2.18. The molecule has 1 aliphatic heterocycles. The Bertz CT molecular complexity index is 244. The summed E-state index contributed by atoms with van der Waals surface area (Å²) in [6, 6.07) is 0. The van der Waals surface area contributed by atoms with Gasteiger partial charge in [0.1, 0.15) is 5.92 Å². The molecular weight excluding hydrogens is 194 g/mol. The fourth-order valence-electron chi connectivity index (χ4n) is 1.90. The van der Waals surface area contributed by atoms with Crippen molar-refractivity contribution >= 4 is 11.9 Å². The normalized spacial score (nSPS) is 20.0. The van der Waals surface area contributed by atoms with Gasteiger partial charge in [0.25, 0.3) is 0 Å². The molecule has 0 bridgehead atoms. The fraction of sp³-hybridized carbons (Fsp3) is 0.818. The van der Waals surface area contributed by atoms with Gasteiger partial charge in [0.05, 0.1) is 0 Å². The molecule has 1 aliphatic rings. The maximum atomic E-state index is 11.8. The highest BCUT2D eigenvalue weighted by Gasteiger charge is 2.30. The highest BCUT2D eigenvalue weighted by molar-refractivity contribution is 5.96. The number of rotatable bonds is 3. The molecule has 0 aromatic rings. The van der Waals surface area contributed by atoms with Crippen LogP contribution in [0.4, 0.5) is 0 Å². The average Bonchev–Trinajstić information content (AvgIpc) is 2.19. The Kier molecular flexibility index (Phi) is 4.12. The molecule has 15 heavy (non-hydrogen) atoms. The summed E-state index contributed by atoms with van der Waals surface area (Å²) in [5, 5.41) is 8.88. The minimum atomic E-state index is -0.999. The van der Waals surface area contributed by atoms with Crippen molar-refractivity contribution in [1.82, 2.24) is 4.90 Å². The highest BCUT2D eigenvalue weighted by atomic mass is 16.4. The summed E-state index contributed by atoms with van der Waals surface area (Å²) in [4.78, 5) is 24.4. The largest absolute Gasteiger partial charge is 0.481 e. The number of likely N-dealkylation sites (tertiary alicyclic amines) is 1. The maximum absolute atomic E-state index is 11.8. The minimum absolute atomic E-state index is 0.211. The van der Waals surface area contributed by atoms with Gasteiger partial charge in [0.2, 0.25) is 5.91 Å². The summed E-state index contributed by atoms with van der Waals surface area (Å²) in [5.41, 5.74) is 0. The number of carbonyl (C=O) groups excluding carboxylic acids is 1. The summed E-state index contributed by atoms with van der Waals surface area (Å²) in [6.07, 6.45) is 2.35. The number of hydrogen-bond donors (Lipinski definition) is 1. The van der Waals surface area contributed by atoms with E-state index >= 15 is 0 Å². The fourth-order valence-corrected chi connectivity index (χ4v) is 1.90. The van der Waals surface area contributed by atoms with E-state index in [4.69, 9.17) is 5.11 Å². The molecule has 0 saturated carbocycles. The monoisotopic (exact) mass is 213 g/mol. The molecule has 4 nitrogen and oxygen atoms in total. The van der Waals surface area contributed by atoms with Gasteiger partial charge in [-0.25, -0.2) is 0 Å². The number of carboxylic acids is 1. The summed E-state index contributed by atoms with van der Waals surface area (Å²) >= 11 is 0. The van der Waals surface area contributed by atoms with Crippen molar-refractivity contribution in [3.05, 3.63) is 0 Å². The van der Waals surface area contributed by atoms with Crippen molar-refractivity contribution in [2.75, 3.05) is 13.1 Å². The quantitative estimate of drug-likeness (QED) is 0.720. The molecule has 0 aliphatic carbocycles. The van der Waals surface area contributed by atoms with E-state index in [0.717, 1.165) is 12.8 Å². The first-order chi connectivity index (χ1) is 7.06. The van der Waals surface area contributed by atoms with Crippen molar-refractivity contribution in [3.8, 4) is 0 Å². The van der Waals surface area contributed by atoms with E-state index in [2.05, 4.69) is 6.92 Å². The first-order valence-corrected chi connectivity index (χ1v) is 5.57. The van der Waals surface area contributed by atoms with Crippen molar-refractivity contribution in [1.29, 1.82) is 0 Å². The molecule has 0 aromatic heterocycles. The second-order valence-corrected chi connectivity index (χ2v) is 4.31. The molecule has 1 amide bonds. The van der Waals surface area contributed by atoms with Gasteiger partial charge in [0.15, 0.2) is 0 Å². The lowest BCUT2D eigenvalue weighted by Crippen LogP contribution is -2.43. The third-order valence-corrected chi connectivity index (χ3v) is 3.10. The van der Waals surface area contributed by atoms with Crippen LogP contribution in [0, 0.1) is 11.8 Å². The van der Waals surface area contributed by atoms with Crippen LogP contribution < -0.4 is 0 Å². The van der Waals surface area contributed by atoms with Gasteiger partial charge in [-0.05, 0) is 25.2 Å². The molecule has 1 N–H and O–H groups in total. The van der Waals surface area contributed by atoms with E-state index in [1.165, 1.54) is 0 Å². The van der Waals surface area contributed by atoms with Crippen molar-refractivity contribution in [3.63, 3.8) is 0 Å². The molecule has 1 unspecified atom stereocenters. The van der Waals surface area contributed by atoms with Crippen LogP contribution in [0.25, 0.3) is 0 Å². The lowest BCUT2D eigenvalue weighted by Gasteiger charge is -2.31. The van der Waals surface area contributed by atoms with Crippen LogP contribution in [-0.2, 0) is 9.59 Å². The number of amides is 1. The van der Waals surface area contributed by atoms with Crippen LogP contribution in [0.5, 0.6) is 0 Å². The molecule has 1 rings (SSSR count). The molecule has 1 atom stereocenters. The number of aliphatic carboxylic acids is 1. The second-order valence-electron chi connectivity index (χ2n) is 4.31. The van der Waals surface area contributed by atoms with E-state index in [1.807, 2.05) is 0 Å². The van der Waals surface area contributed by atoms with Crippen LogP contribution in [-0.4, -0.2) is 35.0 Å². The van der Waals surface area contributed by atoms with Crippen molar-refractivity contribution in [2.45, 2.75) is 33.1 Å². The Morgan fingerprint density at radius 1 is 1.40 bits per heavy atom. The van der Waals surface area contributed by atoms with Gasteiger partial charge in [-0.1, -0.05) is 13.8 Å². The number of carbonyl (C=O) groups is 2. The zero-order chi connectivity index (χ0) is 11.4. The smallest absolute Gasteiger partial charge is 0.316 e. The molecule has 0 radical (unpaired) electrons. The Balaban J connectivity index is 2.55. The summed E-state index contributed by atoms with van der Waals surface area (Å²) in [7, 11) is 0. The van der Waals surface area contributed by atoms with Crippen LogP contribution in [0.2, 0.25) is 0 Å². The molecular formula is C11H19NO3. The topological polar surface area (TPSA) is 57.6 Å². The second kappa shape index (κ2) is 5.14. The number of nitrogens with zero attached hydrogens (tertiary/aromatic N) is 1. The Morgan fingerprint density at radius 3 is 2.33 bits per heavy atom. The zero-order valence-electron chi connectivity index (χ0n) is 9.40. The van der Waals surface area contributed by atoms with E-state index in [1.54, 1.807) is 11.8 Å². The van der Waals surface area contributed by atoms with Gasteiger partial charge in [0, 0.05) is 13.1 Å². The summed E-state index contributed by atoms with van der Waals surface area (Å²) in [5.74, 6) is -1.41. The average molecular weight is 213 g/mol. The van der Waals surface area contributed by atoms with Crippen molar-refractivity contribution in [2.24, 2.45) is 11.8 Å². The first kappa shape index (κ1) is 12.0. The third-order valence-electron chi connectivity index (χ3n) is 3.10. The van der Waals surface area contributed by atoms with E-state index in [0.29, 0.717) is 25.4 Å². The van der Waals surface area contributed by atoms with Crippen LogP contribution in [0.1, 0.15) is 33.1 Å². The summed E-state index contributed by atoms with van der Waals surface area (Å²) < 4.78 is 0. The molecule has 0 aromatic carbocycles. The van der Waals surface area contributed by atoms with E-state index in [9.17, 15) is 9.59 Å². The standard InChI is InChI=1S/C11H19NO3/c1-3-9(11(14)15)10(13)12-6-4-8(2)5-7-12/h8-9H,3-7H2,1-2H3,(H,14,15). The molecule has 1 heterocycles. The van der Waals surface area contributed by atoms with Gasteiger partial charge in [-0.2, -0.15) is 0 Å². The first-order valence-electron chi connectivity index (χ1n) is 5.57. The minimum Gasteiger partial charge on any atom is -0.481 e. The van der Waals surface area contributed by atoms with Gasteiger partial charge >= 0.3 is 5.97 Å². The predicted octanol–water partition coefficient (Wildman–Crippen LogP) is 1.36. The molecule has 4 heteroatoms. The zero-order valence-corrected chi connectivity index (χ0v) is 9.40. The lowest BCUT2D eigenvalue weighted by molar-refractivity contribution is -0.151. The van der Waals surface area contributed by atoms with E-state index in [-0.39, 0.29) is 5.91 Å². The Labute approximate surface area is 90.3 Å². The number of hydrogen-bond acceptors (Lipinski definition) is 2. The van der Waals surface area contributed by atoms with Gasteiger partial charge in [-0.15, -0.1) is 0 Å². The molecule has 1 fully saturated rings. The van der Waals surface area contributed by atoms with E-state index < -0.39 is 11.9 Å². The SMILES string of the molecule is CCC(C(=O)O)C(=O)N1CCC(C)CC1. The van der Waals surface area contributed by atoms with Crippen LogP contribution in [0.15, 0.2) is 0 Å². The molecule has 86 valence electrons. The Morgan fingerprint density at radius 2 is 1.93 bits per heavy atom. The lowest BCUT2D eigenvalue weighted by atomic mass is 9.97. The number of carboxylic acid groups (broad SMARTS) is 1. The molecule has 1 saturated heterocycles. The Hall–Kier alpha value is -1.06. The summed E-state index contributed by atoms with van der Waals surface area (Å²) in [6.45, 7) is 5.33. The van der Waals surface area contributed by atoms with Gasteiger partial charge in [-0.3, -0.25) is 9.59 Å². The van der Waals surface area contributed by atoms with Crippen molar-refractivity contribution < 1.29 is 14.7 Å². The number of piperidine rings is 1. The molecule has 0 spiro atoms. The van der Waals surface area contributed by atoms with Crippen LogP contribution in [0.3, 0.4) is 0 Å². The predicted molar refractivity (Wildman–Crippen MR) is 56.4 cm³/mol. The third kappa shape index (κ3) is 2.94. The maximum Gasteiger partial charge on any atom is 0.316 e. The van der Waals surface area contributed by atoms with Crippen LogP contribution >= 0.6 is 0 Å².